The Balaban J connectivity index is 1.14. The molecule has 4 amide bonds. The molecule has 0 bridgehead atoms. The molecule has 300 valence electrons. The number of carbonyl (C=O) groups excluding carboxylic acids is 3. The number of allylic oxidation sites excluding steroid dienone is 1. The highest BCUT2D eigenvalue weighted by atomic mass is 32.2. The topological polar surface area (TPSA) is 183 Å². The molecule has 14 nitrogen and oxygen atoms in total. The third-order valence-electron chi connectivity index (χ3n) is 10.2. The number of primary amides is 1. The Hall–Kier alpha value is -5.64. The molecule has 1 aliphatic heterocycles. The van der Waals surface area contributed by atoms with Gasteiger partial charge in [0.1, 0.15) is 23.6 Å². The fourth-order valence-electron chi connectivity index (χ4n) is 6.92. The van der Waals surface area contributed by atoms with Crippen LogP contribution in [0, 0.1) is 6.92 Å². The summed E-state index contributed by atoms with van der Waals surface area (Å²) in [6.45, 7) is 2.76. The Kier molecular flexibility index (Phi) is 13.3. The molecule has 6 rings (SSSR count). The molecular weight excluding hydrogens is 747 g/mol. The lowest BCUT2D eigenvalue weighted by atomic mass is 9.77. The van der Waals surface area contributed by atoms with Crippen LogP contribution in [0.3, 0.4) is 0 Å². The molecule has 2 fully saturated rings. The Morgan fingerprint density at radius 1 is 0.982 bits per heavy atom. The Morgan fingerprint density at radius 3 is 2.42 bits per heavy atom. The first-order chi connectivity index (χ1) is 27.5. The summed E-state index contributed by atoms with van der Waals surface area (Å²) in [5, 5.41) is 0.228. The number of nitrogens with one attached hydrogen (secondary N) is 1. The Morgan fingerprint density at radius 2 is 1.74 bits per heavy atom. The van der Waals surface area contributed by atoms with Gasteiger partial charge in [-0.25, -0.2) is 18.2 Å². The van der Waals surface area contributed by atoms with E-state index in [1.54, 1.807) is 25.1 Å². The zero-order chi connectivity index (χ0) is 40.5. The molecule has 2 atom stereocenters. The summed E-state index contributed by atoms with van der Waals surface area (Å²) in [5.74, 6) is 2.70. The van der Waals surface area contributed by atoms with Gasteiger partial charge in [-0.3, -0.25) is 14.3 Å². The number of nitrogens with zero attached hydrogens (tertiary/aromatic N) is 4. The molecule has 0 spiro atoms. The molecule has 16 heteroatoms. The van der Waals surface area contributed by atoms with Crippen LogP contribution in [0.5, 0.6) is 17.4 Å². The number of likely N-dealkylation sites (tertiary alicyclic amines) is 1. The normalized spacial score (nSPS) is 16.7. The molecule has 3 aromatic carbocycles. The van der Waals surface area contributed by atoms with Gasteiger partial charge in [-0.2, -0.15) is 4.98 Å². The number of urea groups is 1. The molecule has 1 saturated heterocycles. The fraction of sp³-hybridized carbons (Fsp3) is 0.390. The minimum absolute atomic E-state index is 0.00626. The van der Waals surface area contributed by atoms with Crippen molar-refractivity contribution < 1.29 is 37.0 Å². The van der Waals surface area contributed by atoms with Crippen molar-refractivity contribution in [3.05, 3.63) is 89.9 Å². The van der Waals surface area contributed by atoms with Gasteiger partial charge in [-0.15, -0.1) is 5.98 Å². The molecule has 4 aromatic rings. The Labute approximate surface area is 334 Å². The molecule has 0 unspecified atom stereocenters. The first-order valence-corrected chi connectivity index (χ1v) is 20.8. The number of sulfonamides is 1. The van der Waals surface area contributed by atoms with Gasteiger partial charge < -0.3 is 29.7 Å². The van der Waals surface area contributed by atoms with Crippen molar-refractivity contribution in [2.24, 2.45) is 5.73 Å². The second kappa shape index (κ2) is 18.5. The minimum Gasteiger partial charge on any atom is -0.497 e. The zero-order valence-electron chi connectivity index (χ0n) is 32.6. The number of hydrogen-bond acceptors (Lipinski definition) is 10. The molecule has 1 saturated carbocycles. The smallest absolute Gasteiger partial charge is 0.321 e. The van der Waals surface area contributed by atoms with Gasteiger partial charge in [0.05, 0.1) is 36.9 Å². The highest BCUT2D eigenvalue weighted by Crippen LogP contribution is 2.35. The monoisotopic (exact) mass is 796 g/mol. The van der Waals surface area contributed by atoms with Crippen LogP contribution in [-0.2, 0) is 21.4 Å². The maximum Gasteiger partial charge on any atom is 0.321 e. The number of rotatable bonds is 18. The molecule has 0 radical (unpaired) electrons. The summed E-state index contributed by atoms with van der Waals surface area (Å²) in [4.78, 5) is 52.3. The first-order valence-electron chi connectivity index (χ1n) is 19.2. The van der Waals surface area contributed by atoms with Crippen molar-refractivity contribution in [3.8, 4) is 28.8 Å². The highest BCUT2D eigenvalue weighted by Gasteiger charge is 2.42. The van der Waals surface area contributed by atoms with Crippen LogP contribution in [0.15, 0.2) is 78.8 Å². The molecule has 1 aliphatic carbocycles. The number of aromatic nitrogens is 2. The SMILES string of the molecule is COc1ccc(CN(CCCCC/C=C\BC(=O)NS(=O)(=O)C2CC2)C(=O)N2C[C@H](Oc3nc(-c4ccccc4)nc4c(C)c(OC)ccc34)C[C@H]2C(N)=O)cc1. The van der Waals surface area contributed by atoms with Crippen molar-refractivity contribution in [1.82, 2.24) is 24.5 Å². The van der Waals surface area contributed by atoms with Crippen LogP contribution >= 0.6 is 0 Å². The first kappa shape index (κ1) is 41.0. The number of fused-ring (bicyclic) bond motifs is 1. The molecule has 2 aliphatic rings. The van der Waals surface area contributed by atoms with Gasteiger partial charge in [0.15, 0.2) is 11.6 Å². The van der Waals surface area contributed by atoms with Crippen LogP contribution in [0.25, 0.3) is 22.3 Å². The van der Waals surface area contributed by atoms with Gasteiger partial charge in [0.25, 0.3) is 7.28 Å². The van der Waals surface area contributed by atoms with E-state index in [1.165, 1.54) is 4.90 Å². The van der Waals surface area contributed by atoms with Gasteiger partial charge in [0.2, 0.25) is 21.8 Å². The number of hydrogen-bond donors (Lipinski definition) is 2. The standard InChI is InChI=1S/C41H49BN6O8S/c1-27-35(55-3)21-20-33-36(27)44-38(29-12-8-7-9-13-29)45-39(33)56-31-24-34(37(43)49)48(26-31)41(51)47(25-28-14-16-30(54-2)17-15-28)23-11-6-4-5-10-22-42-40(50)46-57(52,53)32-18-19-32/h7-10,12-17,20-22,31-32,34,42H,4-6,11,18-19,23-26H2,1-3H3,(H2,43,49)(H,46,50)/b22-10-/t31-,34+/m1/s1. The average Bonchev–Trinajstić information content (AvgIpc) is 3.99. The van der Waals surface area contributed by atoms with E-state index in [4.69, 9.17) is 29.9 Å². The Bertz CT molecular complexity index is 2200. The number of carbonyl (C=O) groups is 3. The molecular formula is C41H49BN6O8S. The number of unbranched alkanes of at least 4 members (excludes halogenated alkanes) is 3. The lowest BCUT2D eigenvalue weighted by molar-refractivity contribution is -0.121. The van der Waals surface area contributed by atoms with E-state index in [2.05, 4.69) is 4.72 Å². The second-order valence-corrected chi connectivity index (χ2v) is 16.4. The number of ether oxygens (including phenoxy) is 3. The number of benzene rings is 3. The largest absolute Gasteiger partial charge is 0.497 e. The summed E-state index contributed by atoms with van der Waals surface area (Å²) in [6, 6.07) is 19.5. The maximum absolute atomic E-state index is 14.4. The number of amides is 4. The predicted molar refractivity (Wildman–Crippen MR) is 219 cm³/mol. The summed E-state index contributed by atoms with van der Waals surface area (Å²) >= 11 is 0. The number of methoxy groups -OCH3 is 2. The van der Waals surface area contributed by atoms with E-state index >= 15 is 0 Å². The van der Waals surface area contributed by atoms with Crippen LogP contribution in [0.4, 0.5) is 9.59 Å². The number of nitrogens with two attached hydrogens (primary N) is 1. The predicted octanol–water partition coefficient (Wildman–Crippen LogP) is 5.26. The molecule has 3 N–H and O–H groups in total. The van der Waals surface area contributed by atoms with Gasteiger partial charge in [0, 0.05) is 30.6 Å². The average molecular weight is 797 g/mol. The summed E-state index contributed by atoms with van der Waals surface area (Å²) in [6.07, 6.45) is 5.63. The van der Waals surface area contributed by atoms with Crippen molar-refractivity contribution in [3.63, 3.8) is 0 Å². The van der Waals surface area contributed by atoms with Gasteiger partial charge >= 0.3 is 6.03 Å². The van der Waals surface area contributed by atoms with Crippen molar-refractivity contribution in [2.75, 3.05) is 27.3 Å². The maximum atomic E-state index is 14.4. The fourth-order valence-corrected chi connectivity index (χ4v) is 8.25. The third kappa shape index (κ3) is 10.4. The van der Waals surface area contributed by atoms with E-state index < -0.39 is 39.1 Å². The van der Waals surface area contributed by atoms with Crippen LogP contribution in [0.2, 0.25) is 0 Å². The summed E-state index contributed by atoms with van der Waals surface area (Å²) in [5.41, 5.74) is 9.12. The summed E-state index contributed by atoms with van der Waals surface area (Å²) < 4.78 is 43.6. The van der Waals surface area contributed by atoms with Gasteiger partial charge in [-0.05, 0) is 68.9 Å². The minimum atomic E-state index is -3.55. The summed E-state index contributed by atoms with van der Waals surface area (Å²) in [7, 11) is -0.363. The lowest BCUT2D eigenvalue weighted by Gasteiger charge is -2.31. The molecule has 57 heavy (non-hydrogen) atoms. The number of aryl methyl sites for hydroxylation is 1. The molecule has 2 heterocycles. The van der Waals surface area contributed by atoms with Gasteiger partial charge in [-0.1, -0.05) is 55.0 Å². The van der Waals surface area contributed by atoms with Crippen LogP contribution < -0.4 is 24.7 Å². The quantitative estimate of drug-likeness (QED) is 0.0995. The zero-order valence-corrected chi connectivity index (χ0v) is 33.4. The third-order valence-corrected chi connectivity index (χ3v) is 12.1. The highest BCUT2D eigenvalue weighted by molar-refractivity contribution is 7.91. The van der Waals surface area contributed by atoms with E-state index in [0.29, 0.717) is 72.9 Å². The second-order valence-electron chi connectivity index (χ2n) is 14.4. The van der Waals surface area contributed by atoms with Crippen molar-refractivity contribution in [1.29, 1.82) is 0 Å². The van der Waals surface area contributed by atoms with E-state index in [9.17, 15) is 22.8 Å². The van der Waals surface area contributed by atoms with E-state index in [1.807, 2.05) is 79.7 Å². The van der Waals surface area contributed by atoms with E-state index in [-0.39, 0.29) is 26.3 Å². The van der Waals surface area contributed by atoms with Crippen LogP contribution in [-0.4, -0.2) is 97.9 Å². The van der Waals surface area contributed by atoms with Crippen molar-refractivity contribution in [2.45, 2.75) is 75.8 Å². The van der Waals surface area contributed by atoms with E-state index in [0.717, 1.165) is 29.5 Å². The molecule has 1 aromatic heterocycles. The van der Waals surface area contributed by atoms with Crippen LogP contribution in [0.1, 0.15) is 56.1 Å². The van der Waals surface area contributed by atoms with Crippen molar-refractivity contribution >= 4 is 46.0 Å². The lowest BCUT2D eigenvalue weighted by Crippen LogP contribution is -2.49.